The summed E-state index contributed by atoms with van der Waals surface area (Å²) in [7, 11) is -1.98. The zero-order chi connectivity index (χ0) is 20.9. The van der Waals surface area contributed by atoms with Crippen molar-refractivity contribution in [2.75, 3.05) is 20.2 Å². The zero-order valence-corrected chi connectivity index (χ0v) is 17.7. The van der Waals surface area contributed by atoms with Gasteiger partial charge in [0.25, 0.3) is 5.91 Å². The van der Waals surface area contributed by atoms with Crippen LogP contribution in [0.2, 0.25) is 0 Å². The molecule has 1 saturated heterocycles. The topological polar surface area (TPSA) is 75.7 Å². The van der Waals surface area contributed by atoms with Crippen LogP contribution in [0.25, 0.3) is 0 Å². The van der Waals surface area contributed by atoms with E-state index >= 15 is 0 Å². The van der Waals surface area contributed by atoms with Crippen molar-refractivity contribution >= 4 is 15.9 Å². The molecule has 1 unspecified atom stereocenters. The molecule has 1 amide bonds. The molecule has 0 spiro atoms. The Labute approximate surface area is 172 Å². The average molecular weight is 417 g/mol. The van der Waals surface area contributed by atoms with Gasteiger partial charge in [-0.25, -0.2) is 13.1 Å². The first-order chi connectivity index (χ1) is 14.0. The number of methoxy groups -OCH3 is 1. The lowest BCUT2D eigenvalue weighted by Gasteiger charge is -2.31. The molecule has 1 fully saturated rings. The largest absolute Gasteiger partial charge is 0.497 e. The Kier molecular flexibility index (Phi) is 6.92. The normalized spacial score (nSPS) is 17.6. The number of benzene rings is 2. The molecule has 1 heterocycles. The Morgan fingerprint density at radius 3 is 2.59 bits per heavy atom. The first-order valence-corrected chi connectivity index (χ1v) is 11.5. The molecule has 0 bridgehead atoms. The molecule has 0 aliphatic carbocycles. The molecule has 2 aromatic carbocycles. The third-order valence-corrected chi connectivity index (χ3v) is 6.78. The number of hydrogen-bond acceptors (Lipinski definition) is 4. The van der Waals surface area contributed by atoms with Gasteiger partial charge in [-0.2, -0.15) is 0 Å². The molecular weight excluding hydrogens is 388 g/mol. The number of rotatable bonds is 6. The predicted octanol–water partition coefficient (Wildman–Crippen LogP) is 3.75. The minimum absolute atomic E-state index is 0.0371. The van der Waals surface area contributed by atoms with Gasteiger partial charge in [-0.15, -0.1) is 0 Å². The molecule has 1 aliphatic rings. The maximum atomic E-state index is 13.4. The van der Waals surface area contributed by atoms with E-state index in [1.807, 2.05) is 29.2 Å². The highest BCUT2D eigenvalue weighted by molar-refractivity contribution is 7.89. The maximum Gasteiger partial charge on any atom is 0.254 e. The fourth-order valence-electron chi connectivity index (χ4n) is 3.76. The van der Waals surface area contributed by atoms with Crippen molar-refractivity contribution in [3.05, 3.63) is 59.7 Å². The highest BCUT2D eigenvalue weighted by Gasteiger charge is 2.28. The number of sulfonamides is 1. The minimum Gasteiger partial charge on any atom is -0.497 e. The van der Waals surface area contributed by atoms with Crippen LogP contribution in [0.3, 0.4) is 0 Å². The molecule has 0 aromatic heterocycles. The fraction of sp³-hybridized carbons (Fsp3) is 0.409. The third kappa shape index (κ3) is 4.97. The molecular formula is C22H28N2O4S. The number of ether oxygens (including phenoxy) is 1. The summed E-state index contributed by atoms with van der Waals surface area (Å²) in [6.45, 7) is 2.68. The summed E-state index contributed by atoms with van der Waals surface area (Å²) in [5, 5.41) is 0. The van der Waals surface area contributed by atoms with Crippen molar-refractivity contribution < 1.29 is 17.9 Å². The molecule has 6 nitrogen and oxygen atoms in total. The lowest BCUT2D eigenvalue weighted by molar-refractivity contribution is 0.0680. The van der Waals surface area contributed by atoms with Crippen LogP contribution in [0, 0.1) is 0 Å². The van der Waals surface area contributed by atoms with Crippen molar-refractivity contribution in [1.29, 1.82) is 0 Å². The molecule has 3 rings (SSSR count). The molecule has 0 radical (unpaired) electrons. The van der Waals surface area contributed by atoms with Crippen molar-refractivity contribution in [2.45, 2.75) is 43.5 Å². The van der Waals surface area contributed by atoms with Crippen LogP contribution in [0.15, 0.2) is 53.4 Å². The van der Waals surface area contributed by atoms with Crippen LogP contribution in [0.4, 0.5) is 0 Å². The summed E-state index contributed by atoms with van der Waals surface area (Å²) >= 11 is 0. The molecule has 2 aromatic rings. The summed E-state index contributed by atoms with van der Waals surface area (Å²) < 4.78 is 32.4. The SMILES string of the molecule is CCNS(=O)(=O)c1cccc(C(=O)N2CCCCCC2c2ccc(OC)cc2)c1. The molecule has 7 heteroatoms. The molecule has 1 atom stereocenters. The average Bonchev–Trinajstić information content (AvgIpc) is 2.99. The van der Waals surface area contributed by atoms with Gasteiger partial charge in [0.05, 0.1) is 18.0 Å². The number of nitrogens with one attached hydrogen (secondary N) is 1. The van der Waals surface area contributed by atoms with Crippen molar-refractivity contribution in [3.8, 4) is 5.75 Å². The summed E-state index contributed by atoms with van der Waals surface area (Å²) in [4.78, 5) is 15.4. The summed E-state index contributed by atoms with van der Waals surface area (Å²) in [5.41, 5.74) is 1.46. The van der Waals surface area contributed by atoms with E-state index in [4.69, 9.17) is 4.74 Å². The number of carbonyl (C=O) groups is 1. The first kappa shape index (κ1) is 21.3. The van der Waals surface area contributed by atoms with E-state index in [-0.39, 0.29) is 16.8 Å². The molecule has 156 valence electrons. The lowest BCUT2D eigenvalue weighted by Crippen LogP contribution is -2.35. The highest BCUT2D eigenvalue weighted by atomic mass is 32.2. The number of amides is 1. The zero-order valence-electron chi connectivity index (χ0n) is 16.9. The van der Waals surface area contributed by atoms with Crippen LogP contribution < -0.4 is 9.46 Å². The van der Waals surface area contributed by atoms with Gasteiger partial charge >= 0.3 is 0 Å². The van der Waals surface area contributed by atoms with E-state index in [1.165, 1.54) is 12.1 Å². The predicted molar refractivity (Wildman–Crippen MR) is 113 cm³/mol. The maximum absolute atomic E-state index is 13.4. The molecule has 1 N–H and O–H groups in total. The second-order valence-electron chi connectivity index (χ2n) is 7.17. The summed E-state index contributed by atoms with van der Waals surface area (Å²) in [6, 6.07) is 14.1. The second-order valence-corrected chi connectivity index (χ2v) is 8.93. The van der Waals surface area contributed by atoms with Crippen molar-refractivity contribution in [1.82, 2.24) is 9.62 Å². The van der Waals surface area contributed by atoms with Gasteiger partial charge in [0.2, 0.25) is 10.0 Å². The van der Waals surface area contributed by atoms with Crippen molar-refractivity contribution in [3.63, 3.8) is 0 Å². The number of hydrogen-bond donors (Lipinski definition) is 1. The monoisotopic (exact) mass is 416 g/mol. The van der Waals surface area contributed by atoms with Gasteiger partial charge in [0, 0.05) is 18.7 Å². The lowest BCUT2D eigenvalue weighted by atomic mass is 10.00. The Morgan fingerprint density at radius 2 is 1.90 bits per heavy atom. The van der Waals surface area contributed by atoms with E-state index in [0.29, 0.717) is 18.7 Å². The van der Waals surface area contributed by atoms with Gasteiger partial charge in [0.1, 0.15) is 5.75 Å². The fourth-order valence-corrected chi connectivity index (χ4v) is 4.85. The summed E-state index contributed by atoms with van der Waals surface area (Å²) in [5.74, 6) is 0.642. The quantitative estimate of drug-likeness (QED) is 0.778. The Balaban J connectivity index is 1.92. The third-order valence-electron chi connectivity index (χ3n) is 5.24. The molecule has 0 saturated carbocycles. The van der Waals surface area contributed by atoms with Crippen LogP contribution in [0.5, 0.6) is 5.75 Å². The van der Waals surface area contributed by atoms with Gasteiger partial charge in [0.15, 0.2) is 0 Å². The van der Waals surface area contributed by atoms with Gasteiger partial charge in [-0.3, -0.25) is 4.79 Å². The van der Waals surface area contributed by atoms with Crippen LogP contribution >= 0.6 is 0 Å². The second kappa shape index (κ2) is 9.41. The first-order valence-electron chi connectivity index (χ1n) is 10.0. The smallest absolute Gasteiger partial charge is 0.254 e. The number of carbonyl (C=O) groups excluding carboxylic acids is 1. The van der Waals surface area contributed by atoms with E-state index < -0.39 is 10.0 Å². The van der Waals surface area contributed by atoms with Gasteiger partial charge in [-0.05, 0) is 48.7 Å². The Hall–Kier alpha value is -2.38. The van der Waals surface area contributed by atoms with E-state index in [9.17, 15) is 13.2 Å². The van der Waals surface area contributed by atoms with Crippen LogP contribution in [0.1, 0.15) is 54.6 Å². The Morgan fingerprint density at radius 1 is 1.14 bits per heavy atom. The Bertz CT molecular complexity index is 942. The van der Waals surface area contributed by atoms with Crippen LogP contribution in [-0.2, 0) is 10.0 Å². The summed E-state index contributed by atoms with van der Waals surface area (Å²) in [6.07, 6.45) is 3.95. The number of nitrogens with zero attached hydrogens (tertiary/aromatic N) is 1. The molecule has 1 aliphatic heterocycles. The van der Waals surface area contributed by atoms with E-state index in [2.05, 4.69) is 4.72 Å². The van der Waals surface area contributed by atoms with E-state index in [1.54, 1.807) is 26.2 Å². The number of likely N-dealkylation sites (tertiary alicyclic amines) is 1. The van der Waals surface area contributed by atoms with Crippen LogP contribution in [-0.4, -0.2) is 39.4 Å². The van der Waals surface area contributed by atoms with Crippen molar-refractivity contribution in [2.24, 2.45) is 0 Å². The minimum atomic E-state index is -3.61. The standard InChI is InChI=1S/C22H28N2O4S/c1-3-23-29(26,27)20-9-7-8-18(16-20)22(25)24-15-6-4-5-10-21(24)17-11-13-19(28-2)14-12-17/h7-9,11-14,16,21,23H,3-6,10,15H2,1-2H3. The van der Waals surface area contributed by atoms with Gasteiger partial charge < -0.3 is 9.64 Å². The molecule has 29 heavy (non-hydrogen) atoms. The van der Waals surface area contributed by atoms with Gasteiger partial charge in [-0.1, -0.05) is 38.0 Å². The van der Waals surface area contributed by atoms with E-state index in [0.717, 1.165) is 37.0 Å². The highest BCUT2D eigenvalue weighted by Crippen LogP contribution is 2.32.